The topological polar surface area (TPSA) is 84.2 Å². The van der Waals surface area contributed by atoms with Crippen molar-refractivity contribution in [3.63, 3.8) is 0 Å². The van der Waals surface area contributed by atoms with Gasteiger partial charge in [0.15, 0.2) is 5.69 Å². The van der Waals surface area contributed by atoms with Crippen LogP contribution in [0.1, 0.15) is 23.0 Å². The number of nitrogens with zero attached hydrogens (tertiary/aromatic N) is 1. The van der Waals surface area contributed by atoms with E-state index in [9.17, 15) is 22.8 Å². The Morgan fingerprint density at radius 3 is 2.25 bits per heavy atom. The Morgan fingerprint density at radius 1 is 1.00 bits per heavy atom. The van der Waals surface area contributed by atoms with Crippen molar-refractivity contribution < 1.29 is 27.2 Å². The van der Waals surface area contributed by atoms with Gasteiger partial charge in [0.25, 0.3) is 5.91 Å². The molecular weight excluding hydrogens is 375 g/mol. The fourth-order valence-corrected chi connectivity index (χ4v) is 2.39. The second kappa shape index (κ2) is 7.55. The predicted octanol–water partition coefficient (Wildman–Crippen LogP) is 4.57. The number of carbonyl (C=O) groups is 2. The van der Waals surface area contributed by atoms with Gasteiger partial charge in [-0.3, -0.25) is 9.59 Å². The van der Waals surface area contributed by atoms with Crippen LogP contribution in [0.4, 0.5) is 24.5 Å². The molecule has 1 heterocycles. The molecule has 0 radical (unpaired) electrons. The summed E-state index contributed by atoms with van der Waals surface area (Å²) in [7, 11) is 0. The molecule has 0 fully saturated rings. The van der Waals surface area contributed by atoms with Gasteiger partial charge in [-0.25, -0.2) is 4.98 Å². The highest BCUT2D eigenvalue weighted by Gasteiger charge is 2.30. The number of rotatable bonds is 4. The van der Waals surface area contributed by atoms with E-state index in [2.05, 4.69) is 15.6 Å². The van der Waals surface area contributed by atoms with Crippen molar-refractivity contribution in [1.82, 2.24) is 4.98 Å². The molecule has 9 heteroatoms. The Morgan fingerprint density at radius 2 is 1.64 bits per heavy atom. The summed E-state index contributed by atoms with van der Waals surface area (Å²) in [5.41, 5.74) is 0.408. The maximum atomic E-state index is 12.6. The number of oxazole rings is 1. The minimum atomic E-state index is -4.44. The molecule has 3 rings (SSSR count). The van der Waals surface area contributed by atoms with E-state index in [1.54, 1.807) is 24.3 Å². The largest absolute Gasteiger partial charge is 0.444 e. The van der Waals surface area contributed by atoms with Gasteiger partial charge in [-0.1, -0.05) is 6.07 Å². The molecule has 2 aromatic carbocycles. The molecule has 0 aliphatic carbocycles. The molecule has 2 amide bonds. The van der Waals surface area contributed by atoms with Crippen LogP contribution in [0, 0.1) is 0 Å². The lowest BCUT2D eigenvalue weighted by atomic mass is 10.1. The lowest BCUT2D eigenvalue weighted by molar-refractivity contribution is -0.137. The smallest absolute Gasteiger partial charge is 0.416 e. The summed E-state index contributed by atoms with van der Waals surface area (Å²) in [4.78, 5) is 27.4. The third-order valence-corrected chi connectivity index (χ3v) is 3.64. The van der Waals surface area contributed by atoms with E-state index >= 15 is 0 Å². The number of nitrogens with one attached hydrogen (secondary N) is 2. The van der Waals surface area contributed by atoms with Gasteiger partial charge >= 0.3 is 6.18 Å². The number of hydrogen-bond donors (Lipinski definition) is 2. The van der Waals surface area contributed by atoms with Crippen LogP contribution < -0.4 is 10.6 Å². The van der Waals surface area contributed by atoms with Gasteiger partial charge in [0.1, 0.15) is 6.26 Å². The van der Waals surface area contributed by atoms with Crippen molar-refractivity contribution >= 4 is 23.2 Å². The van der Waals surface area contributed by atoms with Crippen molar-refractivity contribution in [1.29, 1.82) is 0 Å². The van der Waals surface area contributed by atoms with E-state index in [0.717, 1.165) is 18.4 Å². The van der Waals surface area contributed by atoms with Crippen LogP contribution in [0.2, 0.25) is 0 Å². The normalized spacial score (nSPS) is 11.1. The van der Waals surface area contributed by atoms with Crippen molar-refractivity contribution in [2.24, 2.45) is 0 Å². The van der Waals surface area contributed by atoms with Crippen LogP contribution in [0.25, 0.3) is 11.5 Å². The number of aromatic nitrogens is 1. The van der Waals surface area contributed by atoms with Crippen LogP contribution >= 0.6 is 0 Å². The Kier molecular flexibility index (Phi) is 5.16. The Bertz CT molecular complexity index is 1010. The molecule has 0 unspecified atom stereocenters. The predicted molar refractivity (Wildman–Crippen MR) is 95.6 cm³/mol. The van der Waals surface area contributed by atoms with Crippen molar-refractivity contribution in [3.8, 4) is 11.5 Å². The van der Waals surface area contributed by atoms with Gasteiger partial charge in [0.05, 0.1) is 5.56 Å². The van der Waals surface area contributed by atoms with Gasteiger partial charge in [-0.15, -0.1) is 0 Å². The average molecular weight is 389 g/mol. The minimum absolute atomic E-state index is 0.0193. The molecule has 6 nitrogen and oxygen atoms in total. The maximum absolute atomic E-state index is 12.6. The summed E-state index contributed by atoms with van der Waals surface area (Å²) in [6.45, 7) is 1.36. The number of amides is 2. The molecule has 0 aliphatic rings. The fourth-order valence-electron chi connectivity index (χ4n) is 2.39. The maximum Gasteiger partial charge on any atom is 0.416 e. The lowest BCUT2D eigenvalue weighted by Gasteiger charge is -2.06. The second-order valence-electron chi connectivity index (χ2n) is 5.83. The van der Waals surface area contributed by atoms with E-state index < -0.39 is 17.6 Å². The zero-order valence-electron chi connectivity index (χ0n) is 14.5. The molecule has 0 bridgehead atoms. The van der Waals surface area contributed by atoms with E-state index in [-0.39, 0.29) is 17.5 Å². The molecule has 0 aliphatic heterocycles. The minimum Gasteiger partial charge on any atom is -0.444 e. The zero-order valence-corrected chi connectivity index (χ0v) is 14.5. The monoisotopic (exact) mass is 389 g/mol. The third-order valence-electron chi connectivity index (χ3n) is 3.64. The van der Waals surface area contributed by atoms with E-state index in [0.29, 0.717) is 16.9 Å². The molecule has 0 saturated heterocycles. The van der Waals surface area contributed by atoms with Gasteiger partial charge < -0.3 is 15.1 Å². The molecule has 1 aromatic heterocycles. The first-order valence-electron chi connectivity index (χ1n) is 8.04. The van der Waals surface area contributed by atoms with Crippen LogP contribution in [0.5, 0.6) is 0 Å². The number of hydrogen-bond acceptors (Lipinski definition) is 4. The van der Waals surface area contributed by atoms with Crippen LogP contribution in [-0.4, -0.2) is 16.8 Å². The van der Waals surface area contributed by atoms with E-state index in [1.165, 1.54) is 19.1 Å². The Balaban J connectivity index is 1.73. The van der Waals surface area contributed by atoms with Crippen LogP contribution in [-0.2, 0) is 11.0 Å². The number of benzene rings is 2. The highest BCUT2D eigenvalue weighted by atomic mass is 19.4. The highest BCUT2D eigenvalue weighted by molar-refractivity contribution is 6.03. The number of alkyl halides is 3. The van der Waals surface area contributed by atoms with Crippen molar-refractivity contribution in [2.45, 2.75) is 13.1 Å². The van der Waals surface area contributed by atoms with Gasteiger partial charge in [0, 0.05) is 23.9 Å². The summed E-state index contributed by atoms with van der Waals surface area (Å²) in [6.07, 6.45) is -3.33. The lowest BCUT2D eigenvalue weighted by Crippen LogP contribution is -2.13. The van der Waals surface area contributed by atoms with Gasteiger partial charge in [-0.2, -0.15) is 13.2 Å². The van der Waals surface area contributed by atoms with Crippen LogP contribution in [0.15, 0.2) is 59.2 Å². The van der Waals surface area contributed by atoms with Gasteiger partial charge in [0.2, 0.25) is 11.8 Å². The molecule has 28 heavy (non-hydrogen) atoms. The summed E-state index contributed by atoms with van der Waals surface area (Å²) >= 11 is 0. The summed E-state index contributed by atoms with van der Waals surface area (Å²) in [5, 5.41) is 5.20. The zero-order chi connectivity index (χ0) is 20.3. The molecule has 0 atom stereocenters. The van der Waals surface area contributed by atoms with Crippen molar-refractivity contribution in [2.75, 3.05) is 10.6 Å². The average Bonchev–Trinajstić information content (AvgIpc) is 3.11. The third kappa shape index (κ3) is 4.56. The number of anilines is 2. The van der Waals surface area contributed by atoms with E-state index in [4.69, 9.17) is 4.42 Å². The first kappa shape index (κ1) is 19.2. The fraction of sp³-hybridized carbons (Fsp3) is 0.105. The molecule has 0 spiro atoms. The quantitative estimate of drug-likeness (QED) is 0.685. The number of halogens is 3. The number of carbonyl (C=O) groups excluding carboxylic acids is 2. The SMILES string of the molecule is CC(=O)Nc1cccc(NC(=O)c2coc(-c3ccc(C(F)(F)F)cc3)n2)c1. The van der Waals surface area contributed by atoms with Gasteiger partial charge in [-0.05, 0) is 42.5 Å². The highest BCUT2D eigenvalue weighted by Crippen LogP contribution is 2.30. The Hall–Kier alpha value is -3.62. The van der Waals surface area contributed by atoms with Crippen molar-refractivity contribution in [3.05, 3.63) is 66.1 Å². The summed E-state index contributed by atoms with van der Waals surface area (Å²) in [6, 6.07) is 10.8. The molecule has 3 aromatic rings. The van der Waals surface area contributed by atoms with Crippen LogP contribution in [0.3, 0.4) is 0 Å². The molecule has 144 valence electrons. The summed E-state index contributed by atoms with van der Waals surface area (Å²) in [5.74, 6) is -0.797. The standard InChI is InChI=1S/C19H14F3N3O3/c1-11(26)23-14-3-2-4-15(9-14)24-17(27)16-10-28-18(25-16)12-5-7-13(8-6-12)19(20,21)22/h2-10H,1H3,(H,23,26)(H,24,27). The Labute approximate surface area is 157 Å². The molecule has 2 N–H and O–H groups in total. The summed E-state index contributed by atoms with van der Waals surface area (Å²) < 4.78 is 43.1. The van der Waals surface area contributed by atoms with E-state index in [1.807, 2.05) is 0 Å². The first-order valence-corrected chi connectivity index (χ1v) is 8.04. The second-order valence-corrected chi connectivity index (χ2v) is 5.83. The molecular formula is C19H14F3N3O3. The molecule has 0 saturated carbocycles. The first-order chi connectivity index (χ1) is 13.2.